The molecule has 7 nitrogen and oxygen atoms in total. The van der Waals surface area contributed by atoms with Gasteiger partial charge in [-0.3, -0.25) is 10.1 Å². The highest BCUT2D eigenvalue weighted by atomic mass is 35.5. The van der Waals surface area contributed by atoms with Gasteiger partial charge in [-0.15, -0.1) is 0 Å². The number of halogens is 3. The van der Waals surface area contributed by atoms with E-state index in [2.05, 4.69) is 20.5 Å². The molecule has 0 aliphatic heterocycles. The predicted molar refractivity (Wildman–Crippen MR) is 105 cm³/mol. The summed E-state index contributed by atoms with van der Waals surface area (Å²) in [6, 6.07) is 9.66. The Morgan fingerprint density at radius 3 is 2.59 bits per heavy atom. The van der Waals surface area contributed by atoms with Gasteiger partial charge in [0.05, 0.1) is 19.0 Å². The molecule has 0 radical (unpaired) electrons. The molecule has 3 aromatic rings. The van der Waals surface area contributed by atoms with Crippen molar-refractivity contribution in [1.29, 1.82) is 0 Å². The van der Waals surface area contributed by atoms with Crippen molar-refractivity contribution < 1.29 is 18.3 Å². The summed E-state index contributed by atoms with van der Waals surface area (Å²) in [5.74, 6) is -1.70. The van der Waals surface area contributed by atoms with Crippen LogP contribution in [0.15, 0.2) is 53.5 Å². The molecule has 0 aliphatic rings. The Morgan fingerprint density at radius 2 is 1.93 bits per heavy atom. The Kier molecular flexibility index (Phi) is 6.08. The number of carbonyl (C=O) groups is 1. The van der Waals surface area contributed by atoms with Crippen LogP contribution in [-0.2, 0) is 11.3 Å². The number of aromatic nitrogens is 2. The molecule has 0 saturated heterocycles. The third kappa shape index (κ3) is 4.69. The van der Waals surface area contributed by atoms with Gasteiger partial charge in [0.25, 0.3) is 5.56 Å². The molecule has 0 saturated carbocycles. The average molecular weight is 421 g/mol. The molecule has 1 amide bonds. The minimum Gasteiger partial charge on any atom is -0.453 e. The minimum absolute atomic E-state index is 0.187. The molecule has 10 heteroatoms. The summed E-state index contributed by atoms with van der Waals surface area (Å²) in [6.07, 6.45) is 0.701. The molecule has 29 heavy (non-hydrogen) atoms. The van der Waals surface area contributed by atoms with Crippen molar-refractivity contribution in [1.82, 2.24) is 9.78 Å². The van der Waals surface area contributed by atoms with Crippen molar-refractivity contribution in [3.63, 3.8) is 0 Å². The maximum atomic E-state index is 13.9. The number of rotatable bonds is 5. The van der Waals surface area contributed by atoms with E-state index < -0.39 is 23.3 Å². The lowest BCUT2D eigenvalue weighted by Gasteiger charge is -2.11. The molecule has 3 rings (SSSR count). The van der Waals surface area contributed by atoms with Gasteiger partial charge < -0.3 is 10.1 Å². The number of hydrogen-bond donors (Lipinski definition) is 2. The second-order valence-corrected chi connectivity index (χ2v) is 6.23. The summed E-state index contributed by atoms with van der Waals surface area (Å²) in [5.41, 5.74) is 0.694. The highest BCUT2D eigenvalue weighted by molar-refractivity contribution is 6.32. The number of nitrogens with zero attached hydrogens (tertiary/aromatic N) is 2. The van der Waals surface area contributed by atoms with Crippen LogP contribution in [0.5, 0.6) is 0 Å². The Morgan fingerprint density at radius 1 is 1.21 bits per heavy atom. The molecule has 0 spiro atoms. The summed E-state index contributed by atoms with van der Waals surface area (Å²) in [7, 11) is 1.27. The molecular formula is C19H15ClF2N4O3. The molecule has 0 atom stereocenters. The van der Waals surface area contributed by atoms with Gasteiger partial charge in [-0.2, -0.15) is 9.78 Å². The Labute approximate surface area is 168 Å². The van der Waals surface area contributed by atoms with Crippen molar-refractivity contribution in [2.24, 2.45) is 0 Å². The third-order valence-corrected chi connectivity index (χ3v) is 4.29. The van der Waals surface area contributed by atoms with Crippen LogP contribution in [0.1, 0.15) is 5.56 Å². The zero-order valence-electron chi connectivity index (χ0n) is 15.1. The number of hydrogen-bond acceptors (Lipinski definition) is 5. The van der Waals surface area contributed by atoms with Crippen molar-refractivity contribution in [2.45, 2.75) is 6.54 Å². The van der Waals surface area contributed by atoms with Crippen LogP contribution >= 0.6 is 11.6 Å². The standard InChI is InChI=1S/C19H15ClF2N4O3/c1-29-19(28)25-13-5-2-11(3-6-13)9-23-15-10-24-26(18(27)17(15)20)16-7-4-12(21)8-14(16)22/h2-8,10,23H,9H2,1H3,(H,25,28). The Balaban J connectivity index is 1.75. The van der Waals surface area contributed by atoms with Crippen LogP contribution in [0.25, 0.3) is 5.69 Å². The molecule has 0 fully saturated rings. The van der Waals surface area contributed by atoms with Crippen LogP contribution in [0.4, 0.5) is 25.0 Å². The number of anilines is 2. The first kappa shape index (κ1) is 20.3. The maximum absolute atomic E-state index is 13.9. The SMILES string of the molecule is COC(=O)Nc1ccc(CNc2cnn(-c3ccc(F)cc3F)c(=O)c2Cl)cc1. The lowest BCUT2D eigenvalue weighted by atomic mass is 10.2. The Bertz CT molecular complexity index is 1100. The fourth-order valence-electron chi connectivity index (χ4n) is 2.45. The van der Waals surface area contributed by atoms with Gasteiger partial charge in [0.2, 0.25) is 0 Å². The molecule has 2 N–H and O–H groups in total. The maximum Gasteiger partial charge on any atom is 0.411 e. The van der Waals surface area contributed by atoms with E-state index in [-0.39, 0.29) is 16.4 Å². The van der Waals surface area contributed by atoms with E-state index in [1.807, 2.05) is 0 Å². The lowest BCUT2D eigenvalue weighted by Crippen LogP contribution is -2.23. The fraction of sp³-hybridized carbons (Fsp3) is 0.105. The molecule has 0 aliphatic carbocycles. The minimum atomic E-state index is -0.933. The van der Waals surface area contributed by atoms with Crippen LogP contribution in [0.2, 0.25) is 5.02 Å². The molecule has 1 heterocycles. The van der Waals surface area contributed by atoms with Gasteiger partial charge in [-0.1, -0.05) is 23.7 Å². The first-order chi connectivity index (χ1) is 13.9. The van der Waals surface area contributed by atoms with E-state index in [0.717, 1.165) is 22.4 Å². The molecule has 0 unspecified atom stereocenters. The van der Waals surface area contributed by atoms with E-state index in [1.54, 1.807) is 24.3 Å². The second kappa shape index (κ2) is 8.70. The van der Waals surface area contributed by atoms with E-state index in [1.165, 1.54) is 13.3 Å². The van der Waals surface area contributed by atoms with Crippen molar-refractivity contribution >= 4 is 29.1 Å². The first-order valence-corrected chi connectivity index (χ1v) is 8.68. The van der Waals surface area contributed by atoms with Crippen molar-refractivity contribution in [2.75, 3.05) is 17.7 Å². The van der Waals surface area contributed by atoms with E-state index in [4.69, 9.17) is 11.6 Å². The number of ether oxygens (including phenoxy) is 1. The fourth-order valence-corrected chi connectivity index (χ4v) is 2.65. The predicted octanol–water partition coefficient (Wildman–Crippen LogP) is 3.95. The molecule has 150 valence electrons. The van der Waals surface area contributed by atoms with Gasteiger partial charge >= 0.3 is 6.09 Å². The van der Waals surface area contributed by atoms with Gasteiger partial charge in [-0.05, 0) is 29.8 Å². The summed E-state index contributed by atoms with van der Waals surface area (Å²) in [5, 5.41) is 9.21. The monoisotopic (exact) mass is 420 g/mol. The van der Waals surface area contributed by atoms with Crippen molar-refractivity contribution in [3.05, 3.63) is 81.2 Å². The van der Waals surface area contributed by atoms with Gasteiger partial charge in [0.15, 0.2) is 5.82 Å². The lowest BCUT2D eigenvalue weighted by molar-refractivity contribution is 0.187. The average Bonchev–Trinajstić information content (AvgIpc) is 2.71. The van der Waals surface area contributed by atoms with E-state index in [9.17, 15) is 18.4 Å². The van der Waals surface area contributed by atoms with E-state index in [0.29, 0.717) is 18.3 Å². The van der Waals surface area contributed by atoms with E-state index >= 15 is 0 Å². The van der Waals surface area contributed by atoms with Crippen LogP contribution < -0.4 is 16.2 Å². The largest absolute Gasteiger partial charge is 0.453 e. The zero-order valence-corrected chi connectivity index (χ0v) is 15.8. The molecule has 2 aromatic carbocycles. The van der Waals surface area contributed by atoms with Crippen molar-refractivity contribution in [3.8, 4) is 5.69 Å². The molecule has 1 aromatic heterocycles. The van der Waals surface area contributed by atoms with Crippen LogP contribution in [-0.4, -0.2) is 23.0 Å². The number of methoxy groups -OCH3 is 1. The molecule has 0 bridgehead atoms. The van der Waals surface area contributed by atoms with Gasteiger partial charge in [0, 0.05) is 18.3 Å². The summed E-state index contributed by atoms with van der Waals surface area (Å²) in [4.78, 5) is 23.6. The first-order valence-electron chi connectivity index (χ1n) is 8.30. The van der Waals surface area contributed by atoms with Gasteiger partial charge in [0.1, 0.15) is 16.5 Å². The summed E-state index contributed by atoms with van der Waals surface area (Å²) in [6.45, 7) is 0.314. The highest BCUT2D eigenvalue weighted by Crippen LogP contribution is 2.19. The summed E-state index contributed by atoms with van der Waals surface area (Å²) >= 11 is 6.10. The smallest absolute Gasteiger partial charge is 0.411 e. The van der Waals surface area contributed by atoms with Gasteiger partial charge in [-0.25, -0.2) is 13.6 Å². The van der Waals surface area contributed by atoms with Crippen LogP contribution in [0.3, 0.4) is 0 Å². The zero-order chi connectivity index (χ0) is 21.0. The third-order valence-electron chi connectivity index (χ3n) is 3.93. The summed E-state index contributed by atoms with van der Waals surface area (Å²) < 4.78 is 32.3. The normalized spacial score (nSPS) is 10.5. The number of amides is 1. The Hall–Kier alpha value is -3.46. The second-order valence-electron chi connectivity index (χ2n) is 5.85. The number of benzene rings is 2. The number of carbonyl (C=O) groups excluding carboxylic acids is 1. The van der Waals surface area contributed by atoms with Crippen LogP contribution in [0, 0.1) is 11.6 Å². The topological polar surface area (TPSA) is 85.2 Å². The highest BCUT2D eigenvalue weighted by Gasteiger charge is 2.14. The quantitative estimate of drug-likeness (QED) is 0.652. The molecular weight excluding hydrogens is 406 g/mol. The number of nitrogens with one attached hydrogen (secondary N) is 2.